The van der Waals surface area contributed by atoms with Gasteiger partial charge < -0.3 is 15.5 Å². The Morgan fingerprint density at radius 2 is 1.90 bits per heavy atom. The maximum absolute atomic E-state index is 12.9. The van der Waals surface area contributed by atoms with Crippen LogP contribution in [0.5, 0.6) is 0 Å². The zero-order valence-electron chi connectivity index (χ0n) is 16.9. The highest BCUT2D eigenvalue weighted by molar-refractivity contribution is 7.99. The van der Waals surface area contributed by atoms with Crippen LogP contribution in [0.2, 0.25) is 0 Å². The molecule has 10 heteroatoms. The highest BCUT2D eigenvalue weighted by Crippen LogP contribution is 2.34. The molecule has 3 aliphatic rings. The van der Waals surface area contributed by atoms with Gasteiger partial charge >= 0.3 is 6.03 Å². The minimum Gasteiger partial charge on any atom is -0.324 e. The van der Waals surface area contributed by atoms with E-state index < -0.39 is 23.5 Å². The fraction of sp³-hybridized carbons (Fsp3) is 0.476. The Hall–Kier alpha value is -3.06. The van der Waals surface area contributed by atoms with Crippen LogP contribution in [0.1, 0.15) is 37.7 Å². The molecule has 1 spiro atoms. The number of nitrogens with one attached hydrogen (secondary N) is 2. The molecule has 5 amide bonds. The highest BCUT2D eigenvalue weighted by Gasteiger charge is 2.52. The Morgan fingerprint density at radius 1 is 1.19 bits per heavy atom. The summed E-state index contributed by atoms with van der Waals surface area (Å²) in [5, 5.41) is 14.4. The van der Waals surface area contributed by atoms with Gasteiger partial charge in [-0.05, 0) is 37.1 Å². The number of amides is 5. The Balaban J connectivity index is 1.40. The number of thioether (sulfide) groups is 1. The average molecular weight is 442 g/mol. The Kier molecular flexibility index (Phi) is 5.87. The van der Waals surface area contributed by atoms with Gasteiger partial charge in [0.05, 0.1) is 17.5 Å². The van der Waals surface area contributed by atoms with E-state index in [0.717, 1.165) is 24.2 Å². The molecule has 0 bridgehead atoms. The van der Waals surface area contributed by atoms with Crippen molar-refractivity contribution in [3.8, 4) is 6.07 Å². The highest BCUT2D eigenvalue weighted by atomic mass is 32.2. The first kappa shape index (κ1) is 21.2. The van der Waals surface area contributed by atoms with Crippen molar-refractivity contribution in [2.24, 2.45) is 0 Å². The van der Waals surface area contributed by atoms with Gasteiger partial charge in [0.2, 0.25) is 11.8 Å². The van der Waals surface area contributed by atoms with Gasteiger partial charge in [-0.3, -0.25) is 19.3 Å². The summed E-state index contributed by atoms with van der Waals surface area (Å²) in [6, 6.07) is 7.23. The maximum Gasteiger partial charge on any atom is 0.325 e. The molecular weight excluding hydrogens is 418 g/mol. The van der Waals surface area contributed by atoms with Gasteiger partial charge in [-0.2, -0.15) is 5.26 Å². The van der Waals surface area contributed by atoms with Gasteiger partial charge in [0.25, 0.3) is 5.91 Å². The fourth-order valence-electron chi connectivity index (χ4n) is 4.30. The number of urea groups is 1. The smallest absolute Gasteiger partial charge is 0.324 e. The summed E-state index contributed by atoms with van der Waals surface area (Å²) in [4.78, 5) is 53.4. The van der Waals surface area contributed by atoms with E-state index in [1.807, 2.05) is 6.07 Å². The van der Waals surface area contributed by atoms with Gasteiger partial charge in [0.15, 0.2) is 0 Å². The van der Waals surface area contributed by atoms with Crippen molar-refractivity contribution in [3.63, 3.8) is 0 Å². The molecule has 9 nitrogen and oxygen atoms in total. The van der Waals surface area contributed by atoms with Gasteiger partial charge in [0, 0.05) is 11.4 Å². The summed E-state index contributed by atoms with van der Waals surface area (Å²) in [7, 11) is 0. The minimum atomic E-state index is -0.873. The van der Waals surface area contributed by atoms with Crippen molar-refractivity contribution in [2.45, 2.75) is 43.7 Å². The molecule has 0 aromatic heterocycles. The Morgan fingerprint density at radius 3 is 2.58 bits per heavy atom. The molecule has 0 radical (unpaired) electrons. The lowest BCUT2D eigenvalue weighted by Crippen LogP contribution is -2.50. The van der Waals surface area contributed by atoms with E-state index >= 15 is 0 Å². The lowest BCUT2D eigenvalue weighted by Gasteiger charge is -2.30. The van der Waals surface area contributed by atoms with Crippen LogP contribution < -0.4 is 10.6 Å². The predicted molar refractivity (Wildman–Crippen MR) is 114 cm³/mol. The number of benzene rings is 1. The summed E-state index contributed by atoms with van der Waals surface area (Å²) in [5.41, 5.74) is 0.138. The number of rotatable bonds is 4. The fourth-order valence-corrected chi connectivity index (χ4v) is 5.48. The summed E-state index contributed by atoms with van der Waals surface area (Å²) in [6.45, 7) is -0.367. The lowest BCUT2D eigenvalue weighted by atomic mass is 9.82. The monoisotopic (exact) mass is 441 g/mol. The normalized spacial score (nSPS) is 22.4. The molecule has 1 atom stereocenters. The average Bonchev–Trinajstić information content (AvgIpc) is 3.35. The third kappa shape index (κ3) is 4.10. The number of nitrogens with zero attached hydrogens (tertiary/aromatic N) is 3. The van der Waals surface area contributed by atoms with E-state index in [1.165, 1.54) is 16.7 Å². The van der Waals surface area contributed by atoms with Crippen molar-refractivity contribution >= 4 is 41.2 Å². The zero-order chi connectivity index (χ0) is 22.0. The lowest BCUT2D eigenvalue weighted by molar-refractivity contribution is -0.141. The molecular formula is C21H23N5O4S. The first-order valence-corrected chi connectivity index (χ1v) is 11.4. The van der Waals surface area contributed by atoms with Crippen molar-refractivity contribution in [2.75, 3.05) is 23.5 Å². The number of carbonyl (C=O) groups excluding carboxylic acids is 4. The van der Waals surface area contributed by atoms with Crippen molar-refractivity contribution in [1.29, 1.82) is 5.26 Å². The summed E-state index contributed by atoms with van der Waals surface area (Å²) in [5.74, 6) is -0.363. The molecule has 31 heavy (non-hydrogen) atoms. The minimum absolute atomic E-state index is 0.319. The van der Waals surface area contributed by atoms with Gasteiger partial charge in [-0.1, -0.05) is 19.3 Å². The van der Waals surface area contributed by atoms with Crippen LogP contribution in [-0.4, -0.2) is 63.3 Å². The molecule has 1 aromatic rings. The standard InChI is InChI=1S/C21H23N5O4S/c22-10-14-4-6-15(7-5-14)23-18(28)16-12-31-13-26(16)17(27)11-25-19(29)21(24-20(25)30)8-2-1-3-9-21/h4-7,16H,1-3,8-9,11-13H2,(H,23,28)(H,24,30). The number of anilines is 1. The van der Waals surface area contributed by atoms with Crippen LogP contribution in [0.3, 0.4) is 0 Å². The van der Waals surface area contributed by atoms with Crippen LogP contribution >= 0.6 is 11.8 Å². The summed E-state index contributed by atoms with van der Waals surface area (Å²) in [6.07, 6.45) is 3.96. The van der Waals surface area contributed by atoms with Crippen molar-refractivity contribution in [1.82, 2.24) is 15.1 Å². The molecule has 4 rings (SSSR count). The number of imide groups is 1. The van der Waals surface area contributed by atoms with Gasteiger partial charge in [0.1, 0.15) is 18.1 Å². The van der Waals surface area contributed by atoms with Crippen molar-refractivity contribution < 1.29 is 19.2 Å². The van der Waals surface area contributed by atoms with E-state index in [9.17, 15) is 19.2 Å². The third-order valence-corrected chi connectivity index (χ3v) is 7.05. The van der Waals surface area contributed by atoms with Crippen LogP contribution in [0.15, 0.2) is 24.3 Å². The molecule has 2 aliphatic heterocycles. The number of carbonyl (C=O) groups is 4. The maximum atomic E-state index is 12.9. The molecule has 1 aliphatic carbocycles. The second kappa shape index (κ2) is 8.59. The molecule has 3 fully saturated rings. The first-order valence-electron chi connectivity index (χ1n) is 10.3. The Bertz CT molecular complexity index is 952. The van der Waals surface area contributed by atoms with Crippen molar-refractivity contribution in [3.05, 3.63) is 29.8 Å². The second-order valence-corrected chi connectivity index (χ2v) is 9.02. The molecule has 2 saturated heterocycles. The first-order chi connectivity index (χ1) is 14.9. The van der Waals surface area contributed by atoms with E-state index in [2.05, 4.69) is 10.6 Å². The molecule has 1 saturated carbocycles. The Labute approximate surface area is 184 Å². The summed E-state index contributed by atoms with van der Waals surface area (Å²) >= 11 is 1.44. The number of nitriles is 1. The molecule has 162 valence electrons. The number of hydrogen-bond donors (Lipinski definition) is 2. The van der Waals surface area contributed by atoms with E-state index in [4.69, 9.17) is 5.26 Å². The van der Waals surface area contributed by atoms with E-state index in [1.54, 1.807) is 24.3 Å². The molecule has 2 N–H and O–H groups in total. The molecule has 2 heterocycles. The molecule has 1 aromatic carbocycles. The topological polar surface area (TPSA) is 123 Å². The SMILES string of the molecule is N#Cc1ccc(NC(=O)C2CSCN2C(=O)CN2C(=O)NC3(CCCCC3)C2=O)cc1. The van der Waals surface area contributed by atoms with Crippen LogP contribution in [-0.2, 0) is 14.4 Å². The summed E-state index contributed by atoms with van der Waals surface area (Å²) < 4.78 is 0. The largest absolute Gasteiger partial charge is 0.325 e. The third-order valence-electron chi connectivity index (χ3n) is 6.03. The molecule has 1 unspecified atom stereocenters. The van der Waals surface area contributed by atoms with E-state index in [-0.39, 0.29) is 18.4 Å². The van der Waals surface area contributed by atoms with Crippen LogP contribution in [0.25, 0.3) is 0 Å². The van der Waals surface area contributed by atoms with Crippen LogP contribution in [0.4, 0.5) is 10.5 Å². The quantitative estimate of drug-likeness (QED) is 0.685. The zero-order valence-corrected chi connectivity index (χ0v) is 17.7. The predicted octanol–water partition coefficient (Wildman–Crippen LogP) is 1.65. The van der Waals surface area contributed by atoms with Gasteiger partial charge in [-0.25, -0.2) is 4.79 Å². The van der Waals surface area contributed by atoms with Crippen LogP contribution in [0, 0.1) is 11.3 Å². The van der Waals surface area contributed by atoms with Gasteiger partial charge in [-0.15, -0.1) is 11.8 Å². The van der Waals surface area contributed by atoms with E-state index in [0.29, 0.717) is 35.7 Å². The number of hydrogen-bond acceptors (Lipinski definition) is 6. The second-order valence-electron chi connectivity index (χ2n) is 8.02.